The minimum absolute atomic E-state index is 0.00196. The van der Waals surface area contributed by atoms with Gasteiger partial charge in [0.15, 0.2) is 11.6 Å². The minimum Gasteiger partial charge on any atom is -0.364 e. The van der Waals surface area contributed by atoms with Gasteiger partial charge in [-0.15, -0.1) is 0 Å². The molecule has 2 heterocycles. The fourth-order valence-corrected chi connectivity index (χ4v) is 7.07. The molecule has 4 nitrogen and oxygen atoms in total. The van der Waals surface area contributed by atoms with Gasteiger partial charge in [0.2, 0.25) is 5.69 Å². The van der Waals surface area contributed by atoms with Gasteiger partial charge in [0.05, 0.1) is 17.8 Å². The molecular formula is C33H27F3N4. The highest BCUT2D eigenvalue weighted by atomic mass is 19.1. The molecule has 200 valence electrons. The number of rotatable bonds is 4. The smallest absolute Gasteiger partial charge is 0.223 e. The molecule has 5 aromatic rings. The van der Waals surface area contributed by atoms with Crippen molar-refractivity contribution < 1.29 is 13.2 Å². The third kappa shape index (κ3) is 3.85. The monoisotopic (exact) mass is 536 g/mol. The zero-order valence-electron chi connectivity index (χ0n) is 21.9. The van der Waals surface area contributed by atoms with Crippen LogP contribution >= 0.6 is 0 Å². The molecular weight excluding hydrogens is 509 g/mol. The van der Waals surface area contributed by atoms with Crippen molar-refractivity contribution in [2.24, 2.45) is 17.8 Å². The Morgan fingerprint density at radius 1 is 0.950 bits per heavy atom. The summed E-state index contributed by atoms with van der Waals surface area (Å²) in [5.41, 5.74) is 1.33. The van der Waals surface area contributed by atoms with Gasteiger partial charge in [-0.25, -0.2) is 23.0 Å². The summed E-state index contributed by atoms with van der Waals surface area (Å²) >= 11 is 0. The standard InChI is InChI=1S/C33H27F3N4/c1-17-18-7-10-20(11-8-18)29(17)39-33-28(36)27(22-12-9-19-5-3-4-6-21(19)13-22)32(37-2)31(40-33)25-16-38-30-24(25)14-23(34)15-26(30)35/h3-6,9,12-18,20,29,38H,7-8,10-11H2,1H3,(H,39,40). The first-order chi connectivity index (χ1) is 19.4. The highest BCUT2D eigenvalue weighted by molar-refractivity contribution is 6.02. The van der Waals surface area contributed by atoms with E-state index in [1.54, 1.807) is 0 Å². The maximum Gasteiger partial charge on any atom is 0.223 e. The van der Waals surface area contributed by atoms with Crippen LogP contribution in [0, 0.1) is 41.8 Å². The Balaban J connectivity index is 1.47. The molecule has 7 heteroatoms. The van der Waals surface area contributed by atoms with Crippen molar-refractivity contribution in [3.8, 4) is 22.4 Å². The molecule has 0 amide bonds. The predicted octanol–water partition coefficient (Wildman–Crippen LogP) is 9.25. The number of nitrogens with zero attached hydrogens (tertiary/aromatic N) is 2. The molecule has 3 aromatic carbocycles. The number of anilines is 1. The van der Waals surface area contributed by atoms with Gasteiger partial charge in [-0.1, -0.05) is 43.3 Å². The van der Waals surface area contributed by atoms with Gasteiger partial charge in [-0.2, -0.15) is 0 Å². The molecule has 0 spiro atoms. The molecule has 3 aliphatic carbocycles. The Morgan fingerprint density at radius 3 is 2.45 bits per heavy atom. The lowest BCUT2D eigenvalue weighted by atomic mass is 9.62. The Labute approximate surface area is 230 Å². The summed E-state index contributed by atoms with van der Waals surface area (Å²) in [6, 6.07) is 15.4. The summed E-state index contributed by atoms with van der Waals surface area (Å²) < 4.78 is 45.5. The first-order valence-corrected chi connectivity index (χ1v) is 13.8. The van der Waals surface area contributed by atoms with E-state index in [9.17, 15) is 8.78 Å². The normalized spacial score (nSPS) is 22.1. The van der Waals surface area contributed by atoms with Crippen LogP contribution in [0.4, 0.5) is 24.7 Å². The molecule has 3 fully saturated rings. The Morgan fingerprint density at radius 2 is 1.70 bits per heavy atom. The van der Waals surface area contributed by atoms with E-state index in [2.05, 4.69) is 22.1 Å². The van der Waals surface area contributed by atoms with Crippen LogP contribution in [0.1, 0.15) is 32.6 Å². The first-order valence-electron chi connectivity index (χ1n) is 13.8. The van der Waals surface area contributed by atoms with Crippen LogP contribution in [0.15, 0.2) is 60.8 Å². The summed E-state index contributed by atoms with van der Waals surface area (Å²) in [5.74, 6) is -0.627. The number of benzene rings is 3. The molecule has 40 heavy (non-hydrogen) atoms. The lowest BCUT2D eigenvalue weighted by Gasteiger charge is -2.47. The van der Waals surface area contributed by atoms with Gasteiger partial charge in [0.25, 0.3) is 0 Å². The molecule has 8 rings (SSSR count). The summed E-state index contributed by atoms with van der Waals surface area (Å²) in [5, 5.41) is 5.62. The van der Waals surface area contributed by atoms with Crippen molar-refractivity contribution in [2.75, 3.05) is 5.32 Å². The number of aromatic nitrogens is 2. The van der Waals surface area contributed by atoms with Crippen molar-refractivity contribution in [3.05, 3.63) is 89.7 Å². The van der Waals surface area contributed by atoms with Crippen molar-refractivity contribution in [1.29, 1.82) is 0 Å². The Kier molecular flexibility index (Phi) is 5.81. The molecule has 0 radical (unpaired) electrons. The SMILES string of the molecule is [C-]#[N+]c1c(-c2c[nH]c3c(F)cc(F)cc23)nc(NC2C3CCC(CC3)C2C)c(F)c1-c1ccc2ccccc2c1. The number of fused-ring (bicyclic) bond motifs is 5. The van der Waals surface area contributed by atoms with Gasteiger partial charge in [-0.05, 0) is 71.9 Å². The largest absolute Gasteiger partial charge is 0.364 e. The number of halogens is 3. The van der Waals surface area contributed by atoms with Gasteiger partial charge >= 0.3 is 0 Å². The van der Waals surface area contributed by atoms with Crippen molar-refractivity contribution in [2.45, 2.75) is 38.6 Å². The van der Waals surface area contributed by atoms with E-state index in [0.29, 0.717) is 28.9 Å². The number of hydrogen-bond acceptors (Lipinski definition) is 2. The molecule has 2 unspecified atom stereocenters. The van der Waals surface area contributed by atoms with Crippen molar-refractivity contribution in [1.82, 2.24) is 9.97 Å². The molecule has 2 bridgehead atoms. The average molecular weight is 537 g/mol. The zero-order valence-corrected chi connectivity index (χ0v) is 21.9. The zero-order chi connectivity index (χ0) is 27.5. The number of nitrogens with one attached hydrogen (secondary N) is 2. The third-order valence-corrected chi connectivity index (χ3v) is 9.16. The average Bonchev–Trinajstić information content (AvgIpc) is 3.39. The highest BCUT2D eigenvalue weighted by Gasteiger charge is 2.42. The van der Waals surface area contributed by atoms with E-state index in [-0.39, 0.29) is 39.7 Å². The maximum atomic E-state index is 16.6. The van der Waals surface area contributed by atoms with Crippen LogP contribution in [0.3, 0.4) is 0 Å². The second-order valence-electron chi connectivity index (χ2n) is 11.2. The first kappa shape index (κ1) is 24.7. The summed E-state index contributed by atoms with van der Waals surface area (Å²) in [6.45, 7) is 10.3. The minimum atomic E-state index is -0.743. The molecule has 2 atom stereocenters. The van der Waals surface area contributed by atoms with Crippen LogP contribution in [-0.4, -0.2) is 16.0 Å². The van der Waals surface area contributed by atoms with Gasteiger partial charge in [0.1, 0.15) is 11.6 Å². The lowest BCUT2D eigenvalue weighted by Crippen LogP contribution is -2.47. The third-order valence-electron chi connectivity index (χ3n) is 9.16. The molecule has 0 saturated heterocycles. The molecule has 2 aromatic heterocycles. The van der Waals surface area contributed by atoms with E-state index in [1.807, 2.05) is 42.5 Å². The lowest BCUT2D eigenvalue weighted by molar-refractivity contribution is 0.0926. The number of pyridine rings is 1. The van der Waals surface area contributed by atoms with Crippen LogP contribution in [0.5, 0.6) is 0 Å². The number of aromatic amines is 1. The number of H-pyrrole nitrogens is 1. The van der Waals surface area contributed by atoms with Crippen LogP contribution in [0.2, 0.25) is 0 Å². The Bertz CT molecular complexity index is 1830. The van der Waals surface area contributed by atoms with E-state index < -0.39 is 17.5 Å². The van der Waals surface area contributed by atoms with Crippen molar-refractivity contribution >= 4 is 33.2 Å². The fraction of sp³-hybridized carbons (Fsp3) is 0.273. The highest BCUT2D eigenvalue weighted by Crippen LogP contribution is 2.48. The van der Waals surface area contributed by atoms with Gasteiger partial charge < -0.3 is 10.3 Å². The van der Waals surface area contributed by atoms with Crippen LogP contribution in [0.25, 0.3) is 48.9 Å². The predicted molar refractivity (Wildman–Crippen MR) is 153 cm³/mol. The van der Waals surface area contributed by atoms with E-state index in [1.165, 1.54) is 25.1 Å². The quantitative estimate of drug-likeness (QED) is 0.225. The van der Waals surface area contributed by atoms with E-state index in [0.717, 1.165) is 29.7 Å². The van der Waals surface area contributed by atoms with Crippen LogP contribution < -0.4 is 5.32 Å². The summed E-state index contributed by atoms with van der Waals surface area (Å²) in [4.78, 5) is 11.3. The second-order valence-corrected chi connectivity index (χ2v) is 11.2. The number of hydrogen-bond donors (Lipinski definition) is 2. The van der Waals surface area contributed by atoms with Crippen molar-refractivity contribution in [3.63, 3.8) is 0 Å². The van der Waals surface area contributed by atoms with Crippen LogP contribution in [-0.2, 0) is 0 Å². The fourth-order valence-electron chi connectivity index (χ4n) is 7.07. The van der Waals surface area contributed by atoms with E-state index in [4.69, 9.17) is 11.6 Å². The summed E-state index contributed by atoms with van der Waals surface area (Å²) in [7, 11) is 0. The maximum absolute atomic E-state index is 16.6. The molecule has 3 aliphatic rings. The second kappa shape index (κ2) is 9.41. The van der Waals surface area contributed by atoms with Gasteiger partial charge in [0, 0.05) is 34.8 Å². The molecule has 0 aliphatic heterocycles. The van der Waals surface area contributed by atoms with Gasteiger partial charge in [-0.3, -0.25) is 0 Å². The topological polar surface area (TPSA) is 45.1 Å². The Hall–Kier alpha value is -4.31. The van der Waals surface area contributed by atoms with E-state index >= 15 is 4.39 Å². The summed E-state index contributed by atoms with van der Waals surface area (Å²) in [6.07, 6.45) is 6.09. The molecule has 3 saturated carbocycles. The molecule has 2 N–H and O–H groups in total.